The summed E-state index contributed by atoms with van der Waals surface area (Å²) >= 11 is 0. The van der Waals surface area contributed by atoms with Gasteiger partial charge in [-0.1, -0.05) is 30.7 Å². The van der Waals surface area contributed by atoms with Gasteiger partial charge in [-0.05, 0) is 29.9 Å². The molecule has 1 atom stereocenters. The van der Waals surface area contributed by atoms with Gasteiger partial charge in [0.05, 0.1) is 5.92 Å². The summed E-state index contributed by atoms with van der Waals surface area (Å²) in [5, 5.41) is 12.3. The maximum absolute atomic E-state index is 12.2. The summed E-state index contributed by atoms with van der Waals surface area (Å²) in [5.74, 6) is -0.912. The normalized spacial score (nSPS) is 21.3. The Morgan fingerprint density at radius 2 is 2.05 bits per heavy atom. The molecule has 1 unspecified atom stereocenters. The summed E-state index contributed by atoms with van der Waals surface area (Å²) in [6, 6.07) is 7.32. The van der Waals surface area contributed by atoms with Crippen LogP contribution >= 0.6 is 0 Å². The van der Waals surface area contributed by atoms with Crippen molar-refractivity contribution < 1.29 is 14.7 Å². The lowest BCUT2D eigenvalue weighted by Crippen LogP contribution is -2.47. The van der Waals surface area contributed by atoms with E-state index in [1.54, 1.807) is 4.90 Å². The molecule has 2 aliphatic rings. The predicted molar refractivity (Wildman–Crippen MR) is 78.0 cm³/mol. The van der Waals surface area contributed by atoms with Crippen molar-refractivity contribution in [2.24, 2.45) is 5.92 Å². The van der Waals surface area contributed by atoms with E-state index in [1.807, 2.05) is 24.3 Å². The lowest BCUT2D eigenvalue weighted by Gasteiger charge is -2.34. The molecule has 1 aliphatic heterocycles. The van der Waals surface area contributed by atoms with E-state index in [9.17, 15) is 14.7 Å². The van der Waals surface area contributed by atoms with Gasteiger partial charge in [0.15, 0.2) is 0 Å². The second-order valence-corrected chi connectivity index (χ2v) is 5.95. The highest BCUT2D eigenvalue weighted by molar-refractivity contribution is 5.80. The molecule has 0 spiro atoms. The summed E-state index contributed by atoms with van der Waals surface area (Å²) in [4.78, 5) is 25.3. The number of nitrogens with zero attached hydrogens (tertiary/aromatic N) is 1. The average molecular weight is 288 g/mol. The van der Waals surface area contributed by atoms with Crippen LogP contribution in [0.2, 0.25) is 0 Å². The van der Waals surface area contributed by atoms with Gasteiger partial charge in [-0.2, -0.15) is 0 Å². The second-order valence-electron chi connectivity index (χ2n) is 5.95. The molecule has 2 N–H and O–H groups in total. The zero-order chi connectivity index (χ0) is 14.8. The summed E-state index contributed by atoms with van der Waals surface area (Å²) in [6.07, 6.45) is 3.61. The fourth-order valence-electron chi connectivity index (χ4n) is 3.01. The third-order valence-electron chi connectivity index (χ3n) is 4.55. The number of carboxylic acid groups (broad SMARTS) is 1. The Morgan fingerprint density at radius 3 is 2.71 bits per heavy atom. The number of hydrogen-bond donors (Lipinski definition) is 2. The van der Waals surface area contributed by atoms with Crippen LogP contribution < -0.4 is 5.32 Å². The molecule has 5 nitrogen and oxygen atoms in total. The number of fused-ring (bicyclic) bond motifs is 1. The maximum atomic E-state index is 12.2. The Morgan fingerprint density at radius 1 is 1.29 bits per heavy atom. The van der Waals surface area contributed by atoms with Crippen LogP contribution in [0.3, 0.4) is 0 Å². The van der Waals surface area contributed by atoms with E-state index in [0.717, 1.165) is 11.1 Å². The lowest BCUT2D eigenvalue weighted by molar-refractivity contribution is -0.139. The fourth-order valence-corrected chi connectivity index (χ4v) is 3.01. The number of rotatable bonds is 3. The number of urea groups is 1. The van der Waals surface area contributed by atoms with Crippen LogP contribution in [-0.2, 0) is 11.3 Å². The van der Waals surface area contributed by atoms with Gasteiger partial charge in [-0.25, -0.2) is 4.79 Å². The van der Waals surface area contributed by atoms with E-state index in [0.29, 0.717) is 19.0 Å². The summed E-state index contributed by atoms with van der Waals surface area (Å²) < 4.78 is 0. The Bertz CT molecular complexity index is 554. The molecule has 112 valence electrons. The lowest BCUT2D eigenvalue weighted by atomic mass is 9.85. The zero-order valence-electron chi connectivity index (χ0n) is 11.9. The minimum Gasteiger partial charge on any atom is -0.481 e. The summed E-state index contributed by atoms with van der Waals surface area (Å²) in [7, 11) is 0. The standard InChI is InChI=1S/C16H20N2O3/c19-15(20)14-10-18(9-12-6-1-2-7-13(12)14)16(21)17-8-11-4-3-5-11/h1-2,6-7,11,14H,3-5,8-10H2,(H,17,21)(H,19,20). The van der Waals surface area contributed by atoms with Crippen LogP contribution in [0.25, 0.3) is 0 Å². The second kappa shape index (κ2) is 5.76. The highest BCUT2D eigenvalue weighted by atomic mass is 16.4. The van der Waals surface area contributed by atoms with Crippen molar-refractivity contribution >= 4 is 12.0 Å². The molecule has 21 heavy (non-hydrogen) atoms. The minimum atomic E-state index is -0.876. The molecule has 0 saturated heterocycles. The molecule has 2 amide bonds. The molecule has 1 heterocycles. The van der Waals surface area contributed by atoms with Crippen molar-refractivity contribution in [1.29, 1.82) is 0 Å². The van der Waals surface area contributed by atoms with Crippen molar-refractivity contribution in [3.63, 3.8) is 0 Å². The van der Waals surface area contributed by atoms with Gasteiger partial charge in [-0.3, -0.25) is 4.79 Å². The first-order chi connectivity index (χ1) is 10.1. The van der Waals surface area contributed by atoms with Gasteiger partial charge in [0, 0.05) is 19.6 Å². The topological polar surface area (TPSA) is 69.6 Å². The van der Waals surface area contributed by atoms with Crippen molar-refractivity contribution in [1.82, 2.24) is 10.2 Å². The van der Waals surface area contributed by atoms with Crippen LogP contribution in [0.15, 0.2) is 24.3 Å². The Hall–Kier alpha value is -2.04. The van der Waals surface area contributed by atoms with Crippen LogP contribution in [0.4, 0.5) is 4.79 Å². The molecular weight excluding hydrogens is 268 g/mol. The number of nitrogens with one attached hydrogen (secondary N) is 1. The van der Waals surface area contributed by atoms with Gasteiger partial charge >= 0.3 is 12.0 Å². The van der Waals surface area contributed by atoms with Crippen molar-refractivity contribution in [2.45, 2.75) is 31.7 Å². The van der Waals surface area contributed by atoms with Gasteiger partial charge in [0.2, 0.25) is 0 Å². The van der Waals surface area contributed by atoms with Gasteiger partial charge < -0.3 is 15.3 Å². The molecule has 1 saturated carbocycles. The molecular formula is C16H20N2O3. The van der Waals surface area contributed by atoms with E-state index in [4.69, 9.17) is 0 Å². The summed E-state index contributed by atoms with van der Waals surface area (Å²) in [5.41, 5.74) is 1.75. The van der Waals surface area contributed by atoms with E-state index in [2.05, 4.69) is 5.32 Å². The molecule has 3 rings (SSSR count). The number of hydrogen-bond acceptors (Lipinski definition) is 2. The molecule has 1 aromatic rings. The monoisotopic (exact) mass is 288 g/mol. The Kier molecular flexibility index (Phi) is 3.82. The van der Waals surface area contributed by atoms with Crippen LogP contribution in [0.5, 0.6) is 0 Å². The van der Waals surface area contributed by atoms with Crippen molar-refractivity contribution in [3.8, 4) is 0 Å². The number of carboxylic acids is 1. The molecule has 0 aromatic heterocycles. The van der Waals surface area contributed by atoms with Crippen molar-refractivity contribution in [3.05, 3.63) is 35.4 Å². The number of aliphatic carboxylic acids is 1. The van der Waals surface area contributed by atoms with Crippen LogP contribution in [0, 0.1) is 5.92 Å². The van der Waals surface area contributed by atoms with Crippen LogP contribution in [0.1, 0.15) is 36.3 Å². The highest BCUT2D eigenvalue weighted by Crippen LogP contribution is 2.29. The summed E-state index contributed by atoms with van der Waals surface area (Å²) in [6.45, 7) is 1.42. The minimum absolute atomic E-state index is 0.150. The smallest absolute Gasteiger partial charge is 0.317 e. The molecule has 1 aromatic carbocycles. The van der Waals surface area contributed by atoms with E-state index in [1.165, 1.54) is 19.3 Å². The molecule has 5 heteroatoms. The predicted octanol–water partition coefficient (Wildman–Crippen LogP) is 2.18. The molecule has 1 aliphatic carbocycles. The quantitative estimate of drug-likeness (QED) is 0.895. The number of amides is 2. The van der Waals surface area contributed by atoms with E-state index in [-0.39, 0.29) is 12.6 Å². The third-order valence-corrected chi connectivity index (χ3v) is 4.55. The number of carbonyl (C=O) groups excluding carboxylic acids is 1. The average Bonchev–Trinajstić information content (AvgIpc) is 2.44. The third kappa shape index (κ3) is 2.86. The first kappa shape index (κ1) is 13.9. The van der Waals surface area contributed by atoms with Gasteiger partial charge in [0.25, 0.3) is 0 Å². The van der Waals surface area contributed by atoms with Crippen LogP contribution in [-0.4, -0.2) is 35.1 Å². The van der Waals surface area contributed by atoms with E-state index < -0.39 is 11.9 Å². The van der Waals surface area contributed by atoms with Gasteiger partial charge in [-0.15, -0.1) is 0 Å². The Balaban J connectivity index is 1.70. The largest absolute Gasteiger partial charge is 0.481 e. The molecule has 0 radical (unpaired) electrons. The zero-order valence-corrected chi connectivity index (χ0v) is 11.9. The Labute approximate surface area is 123 Å². The number of benzene rings is 1. The SMILES string of the molecule is O=C(O)C1CN(C(=O)NCC2CCC2)Cc2ccccc21. The van der Waals surface area contributed by atoms with E-state index >= 15 is 0 Å². The first-order valence-electron chi connectivity index (χ1n) is 7.48. The highest BCUT2D eigenvalue weighted by Gasteiger charge is 2.32. The molecule has 0 bridgehead atoms. The fraction of sp³-hybridized carbons (Fsp3) is 0.500. The first-order valence-corrected chi connectivity index (χ1v) is 7.48. The van der Waals surface area contributed by atoms with Crippen molar-refractivity contribution in [2.75, 3.05) is 13.1 Å². The molecule has 1 fully saturated rings. The van der Waals surface area contributed by atoms with Gasteiger partial charge in [0.1, 0.15) is 0 Å². The maximum Gasteiger partial charge on any atom is 0.317 e. The number of carbonyl (C=O) groups is 2.